The molecular weight excluding hydrogens is 515 g/mol. The first-order valence-electron chi connectivity index (χ1n) is 11.4. The number of methoxy groups -OCH3 is 1. The van der Waals surface area contributed by atoms with E-state index in [1.807, 2.05) is 0 Å². The molecule has 200 valence electrons. The van der Waals surface area contributed by atoms with Crippen LogP contribution in [-0.4, -0.2) is 95.8 Å². The minimum absolute atomic E-state index is 0.0987. The van der Waals surface area contributed by atoms with E-state index in [0.717, 1.165) is 0 Å². The van der Waals surface area contributed by atoms with Crippen molar-refractivity contribution in [1.29, 1.82) is 0 Å². The van der Waals surface area contributed by atoms with Gasteiger partial charge in [-0.15, -0.1) is 11.6 Å². The van der Waals surface area contributed by atoms with E-state index in [4.69, 9.17) is 33.0 Å². The average molecular weight is 547 g/mol. The molecule has 5 atom stereocenters. The van der Waals surface area contributed by atoms with Crippen LogP contribution in [0.25, 0.3) is 0 Å². The fraction of sp³-hybridized carbons (Fsp3) is 0.609. The van der Waals surface area contributed by atoms with Gasteiger partial charge in [-0.2, -0.15) is 0 Å². The predicted octanol–water partition coefficient (Wildman–Crippen LogP) is 0.161. The van der Waals surface area contributed by atoms with Crippen LogP contribution >= 0.6 is 23.2 Å². The van der Waals surface area contributed by atoms with Crippen molar-refractivity contribution in [2.75, 3.05) is 26.7 Å². The summed E-state index contributed by atoms with van der Waals surface area (Å²) in [5.41, 5.74) is 0.168. The number of ether oxygens (including phenoxy) is 1. The van der Waals surface area contributed by atoms with Crippen LogP contribution in [0.3, 0.4) is 0 Å². The summed E-state index contributed by atoms with van der Waals surface area (Å²) in [6, 6.07) is -3.22. The van der Waals surface area contributed by atoms with Gasteiger partial charge in [0.1, 0.15) is 24.5 Å². The lowest BCUT2D eigenvalue weighted by atomic mass is 9.92. The number of nitrogens with zero attached hydrogens (tertiary/aromatic N) is 1. The summed E-state index contributed by atoms with van der Waals surface area (Å²) >= 11 is 12.8. The SMILES string of the molecule is COC1C(Cl)=CC(C(=O)N[C@H](C(=O)N2CCNC[C@H]2C(=O)NC(C=O)CC(=O)O)C(C)C)=CC1(C)Cl. The number of hydrogen-bond acceptors (Lipinski definition) is 7. The van der Waals surface area contributed by atoms with Crippen molar-refractivity contribution in [2.24, 2.45) is 5.92 Å². The van der Waals surface area contributed by atoms with Crippen LogP contribution in [0, 0.1) is 5.92 Å². The zero-order valence-electron chi connectivity index (χ0n) is 20.5. The molecule has 36 heavy (non-hydrogen) atoms. The first-order valence-corrected chi connectivity index (χ1v) is 12.2. The number of carbonyl (C=O) groups is 5. The summed E-state index contributed by atoms with van der Waals surface area (Å²) < 4.78 is 5.31. The molecule has 1 aliphatic carbocycles. The van der Waals surface area contributed by atoms with Gasteiger partial charge in [-0.3, -0.25) is 19.2 Å². The topological polar surface area (TPSA) is 154 Å². The summed E-state index contributed by atoms with van der Waals surface area (Å²) in [7, 11) is 1.45. The van der Waals surface area contributed by atoms with Gasteiger partial charge in [0.05, 0.1) is 17.3 Å². The van der Waals surface area contributed by atoms with Crippen molar-refractivity contribution >= 4 is 53.2 Å². The fourth-order valence-electron chi connectivity index (χ4n) is 4.11. The Morgan fingerprint density at radius 2 is 2.00 bits per heavy atom. The van der Waals surface area contributed by atoms with Crippen LogP contribution in [0.2, 0.25) is 0 Å². The molecule has 0 radical (unpaired) electrons. The van der Waals surface area contributed by atoms with Gasteiger partial charge in [0.15, 0.2) is 0 Å². The van der Waals surface area contributed by atoms with Crippen LogP contribution in [0.1, 0.15) is 27.2 Å². The molecule has 2 rings (SSSR count). The van der Waals surface area contributed by atoms with E-state index in [0.29, 0.717) is 12.8 Å². The number of carboxylic acids is 1. The van der Waals surface area contributed by atoms with Crippen LogP contribution in [0.4, 0.5) is 0 Å². The lowest BCUT2D eigenvalue weighted by molar-refractivity contribution is -0.146. The van der Waals surface area contributed by atoms with Crippen LogP contribution < -0.4 is 16.0 Å². The number of aldehydes is 1. The first kappa shape index (κ1) is 29.8. The third-order valence-electron chi connectivity index (χ3n) is 5.93. The molecule has 1 heterocycles. The molecular formula is C23H32Cl2N4O7. The second-order valence-corrected chi connectivity index (χ2v) is 10.4. The molecule has 1 saturated heterocycles. The van der Waals surface area contributed by atoms with E-state index in [2.05, 4.69) is 16.0 Å². The van der Waals surface area contributed by atoms with Crippen molar-refractivity contribution in [2.45, 2.75) is 56.3 Å². The molecule has 4 N–H and O–H groups in total. The highest BCUT2D eigenvalue weighted by atomic mass is 35.5. The normalized spacial score (nSPS) is 25.8. The van der Waals surface area contributed by atoms with E-state index < -0.39 is 59.2 Å². The highest BCUT2D eigenvalue weighted by Crippen LogP contribution is 2.36. The molecule has 3 amide bonds. The first-order chi connectivity index (χ1) is 16.8. The zero-order valence-corrected chi connectivity index (χ0v) is 22.1. The standard InChI is InChI=1S/C23H32Cl2N4O7/c1-12(2)18(28-20(33)13-7-15(24)19(36-4)23(3,25)9-13)22(35)29-6-5-26-10-16(29)21(34)27-14(11-30)8-17(31)32/h7,9,11-12,14,16,18-19,26H,5-6,8,10H2,1-4H3,(H,27,34)(H,28,33)(H,31,32)/t14?,16-,18-,19?,23?/m0/s1. The summed E-state index contributed by atoms with van der Waals surface area (Å²) in [5.74, 6) is -3.32. The maximum Gasteiger partial charge on any atom is 0.305 e. The van der Waals surface area contributed by atoms with Crippen LogP contribution in [-0.2, 0) is 28.7 Å². The molecule has 2 aliphatic rings. The number of halogens is 2. The highest BCUT2D eigenvalue weighted by Gasteiger charge is 2.40. The van der Waals surface area contributed by atoms with E-state index in [1.54, 1.807) is 20.8 Å². The lowest BCUT2D eigenvalue weighted by Gasteiger charge is -2.38. The molecule has 13 heteroatoms. The molecule has 3 unspecified atom stereocenters. The fourth-order valence-corrected chi connectivity index (χ4v) is 4.92. The average Bonchev–Trinajstić information content (AvgIpc) is 2.80. The van der Waals surface area contributed by atoms with Gasteiger partial charge < -0.3 is 35.5 Å². The number of carbonyl (C=O) groups excluding carboxylic acids is 4. The summed E-state index contributed by atoms with van der Waals surface area (Å²) in [5, 5.41) is 17.3. The Balaban J connectivity index is 2.22. The highest BCUT2D eigenvalue weighted by molar-refractivity contribution is 6.34. The lowest BCUT2D eigenvalue weighted by Crippen LogP contribution is -2.64. The number of hydrogen-bond donors (Lipinski definition) is 4. The Morgan fingerprint density at radius 3 is 2.53 bits per heavy atom. The van der Waals surface area contributed by atoms with Crippen molar-refractivity contribution in [3.8, 4) is 0 Å². The van der Waals surface area contributed by atoms with Gasteiger partial charge in [0.25, 0.3) is 5.91 Å². The second kappa shape index (κ2) is 12.7. The smallest absolute Gasteiger partial charge is 0.305 e. The third kappa shape index (κ3) is 7.28. The van der Waals surface area contributed by atoms with Crippen molar-refractivity contribution < 1.29 is 33.8 Å². The third-order valence-corrected chi connectivity index (χ3v) is 6.54. The number of alkyl halides is 1. The Bertz CT molecular complexity index is 951. The van der Waals surface area contributed by atoms with Gasteiger partial charge >= 0.3 is 5.97 Å². The zero-order chi connectivity index (χ0) is 27.2. The maximum absolute atomic E-state index is 13.5. The number of carboxylic acid groups (broad SMARTS) is 1. The Labute approximate surface area is 219 Å². The summed E-state index contributed by atoms with van der Waals surface area (Å²) in [6.07, 6.45) is 2.05. The van der Waals surface area contributed by atoms with Gasteiger partial charge in [-0.05, 0) is 25.0 Å². The number of piperazine rings is 1. The second-order valence-electron chi connectivity index (χ2n) is 9.19. The van der Waals surface area contributed by atoms with Crippen molar-refractivity contribution in [3.63, 3.8) is 0 Å². The molecule has 11 nitrogen and oxygen atoms in total. The van der Waals surface area contributed by atoms with E-state index in [-0.39, 0.29) is 29.6 Å². The summed E-state index contributed by atoms with van der Waals surface area (Å²) in [4.78, 5) is 61.8. The molecule has 1 aliphatic heterocycles. The van der Waals surface area contributed by atoms with E-state index >= 15 is 0 Å². The molecule has 1 fully saturated rings. The van der Waals surface area contributed by atoms with Gasteiger partial charge in [0.2, 0.25) is 11.8 Å². The van der Waals surface area contributed by atoms with Crippen LogP contribution in [0.5, 0.6) is 0 Å². The molecule has 0 aromatic carbocycles. The number of rotatable bonds is 10. The van der Waals surface area contributed by atoms with Gasteiger partial charge in [-0.1, -0.05) is 25.4 Å². The molecule has 0 bridgehead atoms. The monoisotopic (exact) mass is 546 g/mol. The molecule has 0 aromatic heterocycles. The minimum Gasteiger partial charge on any atom is -0.481 e. The predicted molar refractivity (Wildman–Crippen MR) is 132 cm³/mol. The molecule has 0 spiro atoms. The van der Waals surface area contributed by atoms with E-state index in [9.17, 15) is 24.0 Å². The quantitative estimate of drug-likeness (QED) is 0.223. The minimum atomic E-state index is -1.25. The molecule has 0 saturated carbocycles. The Morgan fingerprint density at radius 1 is 1.33 bits per heavy atom. The van der Waals surface area contributed by atoms with Gasteiger partial charge in [-0.25, -0.2) is 0 Å². The Hall–Kier alpha value is -2.47. The number of amides is 3. The molecule has 0 aromatic rings. The van der Waals surface area contributed by atoms with Crippen molar-refractivity contribution in [3.05, 3.63) is 22.8 Å². The van der Waals surface area contributed by atoms with Gasteiger partial charge in [0, 0.05) is 37.3 Å². The van der Waals surface area contributed by atoms with Crippen molar-refractivity contribution in [1.82, 2.24) is 20.9 Å². The van der Waals surface area contributed by atoms with E-state index in [1.165, 1.54) is 24.2 Å². The largest absolute Gasteiger partial charge is 0.481 e. The van der Waals surface area contributed by atoms with Crippen LogP contribution in [0.15, 0.2) is 22.8 Å². The maximum atomic E-state index is 13.5. The summed E-state index contributed by atoms with van der Waals surface area (Å²) in [6.45, 7) is 5.83. The number of nitrogens with one attached hydrogen (secondary N) is 3. The Kier molecular flexibility index (Phi) is 10.5. The number of aliphatic carboxylic acids is 1.